The lowest BCUT2D eigenvalue weighted by Gasteiger charge is -2.09. The van der Waals surface area contributed by atoms with Crippen molar-refractivity contribution in [3.8, 4) is 0 Å². The summed E-state index contributed by atoms with van der Waals surface area (Å²) >= 11 is 0. The van der Waals surface area contributed by atoms with Gasteiger partial charge in [-0.15, -0.1) is 0 Å². The maximum Gasteiger partial charge on any atom is 0.337 e. The van der Waals surface area contributed by atoms with E-state index in [0.29, 0.717) is 0 Å². The summed E-state index contributed by atoms with van der Waals surface area (Å²) in [5.41, 5.74) is -1.19. The molecule has 0 spiro atoms. The molecule has 0 aliphatic carbocycles. The van der Waals surface area contributed by atoms with E-state index in [1.807, 2.05) is 4.72 Å². The van der Waals surface area contributed by atoms with Crippen LogP contribution in [0.3, 0.4) is 0 Å². The van der Waals surface area contributed by atoms with Gasteiger partial charge < -0.3 is 10.1 Å². The summed E-state index contributed by atoms with van der Waals surface area (Å²) in [5, 5.41) is 19.7. The van der Waals surface area contributed by atoms with Crippen molar-refractivity contribution in [3.63, 3.8) is 0 Å². The number of benzene rings is 1. The summed E-state index contributed by atoms with van der Waals surface area (Å²) in [6.45, 7) is 0. The van der Waals surface area contributed by atoms with Crippen LogP contribution in [0.2, 0.25) is 0 Å². The molecule has 2 aromatic rings. The molecule has 0 fully saturated rings. The van der Waals surface area contributed by atoms with Gasteiger partial charge in [-0.2, -0.15) is 0 Å². The quantitative estimate of drug-likeness (QED) is 0.563. The summed E-state index contributed by atoms with van der Waals surface area (Å²) < 4.78 is 26.1. The first-order valence-electron chi connectivity index (χ1n) is 5.48. The van der Waals surface area contributed by atoms with Crippen LogP contribution in [-0.4, -0.2) is 29.4 Å². The third-order valence-corrected chi connectivity index (χ3v) is 3.93. The number of nitrogens with one attached hydrogen (secondary N) is 2. The highest BCUT2D eigenvalue weighted by molar-refractivity contribution is 7.92. The number of hydrogen-bond donors (Lipinski definition) is 3. The number of aromatic amines is 1. The van der Waals surface area contributed by atoms with Gasteiger partial charge in [0.1, 0.15) is 4.90 Å². The van der Waals surface area contributed by atoms with Crippen molar-refractivity contribution in [1.29, 1.82) is 0 Å². The fourth-order valence-corrected chi connectivity index (χ4v) is 2.64. The number of nitro benzene ring substituents is 1. The molecule has 1 aromatic carbocycles. The molecule has 3 N–H and O–H groups in total. The van der Waals surface area contributed by atoms with Gasteiger partial charge in [-0.3, -0.25) is 14.8 Å². The molecular formula is C11H9N3O6S. The SMILES string of the molecule is O=C(O)c1ccc([N+](=O)[O-])cc1NS(=O)(=O)c1cc[nH]c1. The van der Waals surface area contributed by atoms with Crippen LogP contribution in [-0.2, 0) is 10.0 Å². The van der Waals surface area contributed by atoms with Crippen molar-refractivity contribution in [2.45, 2.75) is 4.90 Å². The smallest absolute Gasteiger partial charge is 0.337 e. The lowest BCUT2D eigenvalue weighted by molar-refractivity contribution is -0.384. The van der Waals surface area contributed by atoms with Gasteiger partial charge in [0.25, 0.3) is 15.7 Å². The Bertz CT molecular complexity index is 797. The van der Waals surface area contributed by atoms with Gasteiger partial charge in [0.15, 0.2) is 0 Å². The van der Waals surface area contributed by atoms with E-state index in [1.54, 1.807) is 0 Å². The Kier molecular flexibility index (Phi) is 3.63. The Morgan fingerprint density at radius 1 is 1.33 bits per heavy atom. The standard InChI is InChI=1S/C11H9N3O6S/c15-11(16)9-2-1-7(14(17)18)5-10(9)13-21(19,20)8-3-4-12-6-8/h1-6,12-13H,(H,15,16). The number of H-pyrrole nitrogens is 1. The van der Waals surface area contributed by atoms with Gasteiger partial charge in [-0.05, 0) is 12.1 Å². The number of carbonyl (C=O) groups is 1. The Hall–Kier alpha value is -2.88. The highest BCUT2D eigenvalue weighted by Gasteiger charge is 2.21. The molecule has 0 aliphatic rings. The number of carboxylic acids is 1. The van der Waals surface area contributed by atoms with Crippen LogP contribution in [0.4, 0.5) is 11.4 Å². The number of nitrogens with zero attached hydrogens (tertiary/aromatic N) is 1. The number of carboxylic acid groups (broad SMARTS) is 1. The fourth-order valence-electron chi connectivity index (χ4n) is 1.60. The van der Waals surface area contributed by atoms with Crippen LogP contribution in [0.15, 0.2) is 41.6 Å². The molecule has 1 heterocycles. The lowest BCUT2D eigenvalue weighted by Crippen LogP contribution is -2.15. The second-order valence-electron chi connectivity index (χ2n) is 3.94. The maximum absolute atomic E-state index is 12.0. The number of aromatic carboxylic acids is 1. The van der Waals surface area contributed by atoms with Crippen LogP contribution in [0.25, 0.3) is 0 Å². The van der Waals surface area contributed by atoms with Gasteiger partial charge in [-0.25, -0.2) is 13.2 Å². The molecule has 110 valence electrons. The molecule has 0 bridgehead atoms. The minimum absolute atomic E-state index is 0.120. The molecule has 0 unspecified atom stereocenters. The first-order valence-corrected chi connectivity index (χ1v) is 6.97. The normalized spacial score (nSPS) is 11.0. The van der Waals surface area contributed by atoms with Crippen molar-refractivity contribution in [2.75, 3.05) is 4.72 Å². The first-order chi connectivity index (χ1) is 9.81. The van der Waals surface area contributed by atoms with E-state index in [9.17, 15) is 23.3 Å². The zero-order valence-corrected chi connectivity index (χ0v) is 11.1. The third-order valence-electron chi connectivity index (χ3n) is 2.57. The number of hydrogen-bond acceptors (Lipinski definition) is 5. The predicted molar refractivity (Wildman–Crippen MR) is 71.7 cm³/mol. The van der Waals surface area contributed by atoms with Crippen molar-refractivity contribution < 1.29 is 23.2 Å². The summed E-state index contributed by atoms with van der Waals surface area (Å²) in [4.78, 5) is 23.4. The summed E-state index contributed by atoms with van der Waals surface area (Å²) in [6, 6.07) is 4.07. The van der Waals surface area contributed by atoms with Gasteiger partial charge in [0.2, 0.25) is 0 Å². The fraction of sp³-hybridized carbons (Fsp3) is 0. The Morgan fingerprint density at radius 2 is 2.05 bits per heavy atom. The number of rotatable bonds is 5. The summed E-state index contributed by atoms with van der Waals surface area (Å²) in [6.07, 6.45) is 2.57. The average Bonchev–Trinajstić information content (AvgIpc) is 2.92. The number of nitro groups is 1. The van der Waals surface area contributed by atoms with E-state index in [0.717, 1.165) is 18.2 Å². The zero-order chi connectivity index (χ0) is 15.6. The Morgan fingerprint density at radius 3 is 2.57 bits per heavy atom. The first kappa shape index (κ1) is 14.5. The minimum atomic E-state index is -4.04. The molecule has 21 heavy (non-hydrogen) atoms. The number of non-ortho nitro benzene ring substituents is 1. The minimum Gasteiger partial charge on any atom is -0.478 e. The van der Waals surface area contributed by atoms with Crippen LogP contribution >= 0.6 is 0 Å². The molecule has 0 aliphatic heterocycles. The van der Waals surface area contributed by atoms with E-state index < -0.39 is 26.6 Å². The summed E-state index contributed by atoms with van der Waals surface area (Å²) in [5.74, 6) is -1.41. The Balaban J connectivity index is 2.49. The van der Waals surface area contributed by atoms with Crippen LogP contribution in [0.1, 0.15) is 10.4 Å². The van der Waals surface area contributed by atoms with E-state index in [2.05, 4.69) is 4.98 Å². The monoisotopic (exact) mass is 311 g/mol. The van der Waals surface area contributed by atoms with Crippen molar-refractivity contribution in [1.82, 2.24) is 4.98 Å². The second kappa shape index (κ2) is 5.25. The number of sulfonamides is 1. The molecule has 0 atom stereocenters. The maximum atomic E-state index is 12.0. The molecule has 0 radical (unpaired) electrons. The zero-order valence-electron chi connectivity index (χ0n) is 10.3. The van der Waals surface area contributed by atoms with Crippen molar-refractivity contribution in [3.05, 3.63) is 52.3 Å². The van der Waals surface area contributed by atoms with E-state index in [-0.39, 0.29) is 16.1 Å². The van der Waals surface area contributed by atoms with E-state index in [1.165, 1.54) is 18.5 Å². The third kappa shape index (κ3) is 3.00. The lowest BCUT2D eigenvalue weighted by atomic mass is 10.1. The van der Waals surface area contributed by atoms with E-state index >= 15 is 0 Å². The molecule has 0 saturated heterocycles. The highest BCUT2D eigenvalue weighted by Crippen LogP contribution is 2.25. The van der Waals surface area contributed by atoms with Crippen LogP contribution < -0.4 is 4.72 Å². The van der Waals surface area contributed by atoms with Crippen LogP contribution in [0, 0.1) is 10.1 Å². The predicted octanol–water partition coefficient (Wildman–Crippen LogP) is 1.42. The molecule has 0 saturated carbocycles. The molecule has 10 heteroatoms. The second-order valence-corrected chi connectivity index (χ2v) is 5.63. The molecular weight excluding hydrogens is 302 g/mol. The van der Waals surface area contributed by atoms with Gasteiger partial charge >= 0.3 is 5.97 Å². The number of aromatic nitrogens is 1. The molecule has 1 aromatic heterocycles. The number of anilines is 1. The highest BCUT2D eigenvalue weighted by atomic mass is 32.2. The van der Waals surface area contributed by atoms with Gasteiger partial charge in [0.05, 0.1) is 16.2 Å². The van der Waals surface area contributed by atoms with Crippen molar-refractivity contribution >= 4 is 27.4 Å². The topological polar surface area (TPSA) is 142 Å². The largest absolute Gasteiger partial charge is 0.478 e. The van der Waals surface area contributed by atoms with E-state index in [4.69, 9.17) is 5.11 Å². The van der Waals surface area contributed by atoms with Gasteiger partial charge in [0, 0.05) is 24.5 Å². The molecule has 9 nitrogen and oxygen atoms in total. The average molecular weight is 311 g/mol. The van der Waals surface area contributed by atoms with Crippen LogP contribution in [0.5, 0.6) is 0 Å². The van der Waals surface area contributed by atoms with Gasteiger partial charge in [-0.1, -0.05) is 0 Å². The molecule has 2 rings (SSSR count). The van der Waals surface area contributed by atoms with Crippen molar-refractivity contribution in [2.24, 2.45) is 0 Å². The summed E-state index contributed by atoms with van der Waals surface area (Å²) in [7, 11) is -4.04. The molecule has 0 amide bonds. The Labute approximate surface area is 118 Å².